The van der Waals surface area contributed by atoms with Gasteiger partial charge >= 0.3 is 11.9 Å². The highest BCUT2D eigenvalue weighted by atomic mass is 35.5. The van der Waals surface area contributed by atoms with Crippen molar-refractivity contribution in [2.45, 2.75) is 19.6 Å². The number of fused-ring (bicyclic) bond motifs is 1. The number of carbonyl (C=O) groups excluding carboxylic acids is 2. The van der Waals surface area contributed by atoms with E-state index in [2.05, 4.69) is 4.99 Å². The van der Waals surface area contributed by atoms with Crippen molar-refractivity contribution in [3.63, 3.8) is 0 Å². The maximum Gasteiger partial charge on any atom is 0.338 e. The summed E-state index contributed by atoms with van der Waals surface area (Å²) in [6.07, 6.45) is 1.77. The quantitative estimate of drug-likeness (QED) is 0.327. The minimum absolute atomic E-state index is 0.0748. The van der Waals surface area contributed by atoms with E-state index in [0.29, 0.717) is 31.2 Å². The van der Waals surface area contributed by atoms with Gasteiger partial charge in [-0.05, 0) is 54.0 Å². The summed E-state index contributed by atoms with van der Waals surface area (Å²) in [6, 6.07) is 22.3. The number of esters is 2. The van der Waals surface area contributed by atoms with Crippen LogP contribution in [0.1, 0.15) is 40.0 Å². The number of halogens is 1. The van der Waals surface area contributed by atoms with Crippen LogP contribution in [0.25, 0.3) is 6.08 Å². The Labute approximate surface area is 232 Å². The predicted octanol–water partition coefficient (Wildman–Crippen LogP) is 4.42. The van der Waals surface area contributed by atoms with Crippen molar-refractivity contribution in [3.05, 3.63) is 137 Å². The van der Waals surface area contributed by atoms with E-state index in [1.807, 2.05) is 42.5 Å². The van der Waals surface area contributed by atoms with Crippen LogP contribution in [0.2, 0.25) is 5.02 Å². The molecule has 0 spiro atoms. The lowest BCUT2D eigenvalue weighted by atomic mass is 9.95. The lowest BCUT2D eigenvalue weighted by Crippen LogP contribution is -2.39. The number of hydrogen-bond donors (Lipinski definition) is 0. The highest BCUT2D eigenvalue weighted by Crippen LogP contribution is 2.31. The number of ether oxygens (including phenoxy) is 2. The zero-order chi connectivity index (χ0) is 27.5. The predicted molar refractivity (Wildman–Crippen MR) is 149 cm³/mol. The van der Waals surface area contributed by atoms with Gasteiger partial charge in [0.1, 0.15) is 6.61 Å². The largest absolute Gasteiger partial charge is 0.465 e. The third-order valence-electron chi connectivity index (χ3n) is 6.27. The molecular weight excluding hydrogens is 536 g/mol. The van der Waals surface area contributed by atoms with E-state index >= 15 is 0 Å². The lowest BCUT2D eigenvalue weighted by Gasteiger charge is -2.25. The maximum absolute atomic E-state index is 13.8. The number of benzene rings is 3. The van der Waals surface area contributed by atoms with Gasteiger partial charge in [-0.1, -0.05) is 77.5 Å². The van der Waals surface area contributed by atoms with Crippen molar-refractivity contribution in [2.75, 3.05) is 7.11 Å². The standard InChI is InChI=1S/C30H23ClN2O5S/c1-18-25(29(36)38-17-20-6-4-3-5-7-20)26(21-10-12-22(13-11-21)28(35)37-2)33-27(34)24(39-30(33)32-18)16-19-8-14-23(31)15-9-19/h3-16,26H,17H2,1-2H3. The minimum atomic E-state index is -0.802. The van der Waals surface area contributed by atoms with Gasteiger partial charge in [0.25, 0.3) is 5.56 Å². The molecule has 5 rings (SSSR count). The third-order valence-corrected chi connectivity index (χ3v) is 7.50. The molecule has 0 saturated heterocycles. The molecule has 3 aromatic carbocycles. The average molecular weight is 559 g/mol. The monoisotopic (exact) mass is 558 g/mol. The summed E-state index contributed by atoms with van der Waals surface area (Å²) < 4.78 is 12.4. The number of thiazole rings is 1. The Kier molecular flexibility index (Phi) is 7.58. The number of methoxy groups -OCH3 is 1. The Morgan fingerprint density at radius 2 is 1.69 bits per heavy atom. The van der Waals surface area contributed by atoms with Crippen molar-refractivity contribution in [3.8, 4) is 0 Å². The summed E-state index contributed by atoms with van der Waals surface area (Å²) in [4.78, 5) is 44.3. The molecule has 39 heavy (non-hydrogen) atoms. The molecule has 0 N–H and O–H groups in total. The number of rotatable bonds is 6. The van der Waals surface area contributed by atoms with Crippen molar-refractivity contribution in [1.82, 2.24) is 4.57 Å². The van der Waals surface area contributed by atoms with Crippen LogP contribution in [-0.2, 0) is 20.9 Å². The summed E-state index contributed by atoms with van der Waals surface area (Å²) in [5.41, 5.74) is 3.03. The Morgan fingerprint density at radius 3 is 2.36 bits per heavy atom. The summed E-state index contributed by atoms with van der Waals surface area (Å²) in [5, 5.41) is 0.596. The van der Waals surface area contributed by atoms with E-state index in [9.17, 15) is 14.4 Å². The molecule has 1 aromatic heterocycles. The van der Waals surface area contributed by atoms with Crippen molar-refractivity contribution in [1.29, 1.82) is 0 Å². The zero-order valence-corrected chi connectivity index (χ0v) is 22.7. The molecule has 0 radical (unpaired) electrons. The van der Waals surface area contributed by atoms with Crippen LogP contribution in [0, 0.1) is 0 Å². The molecule has 0 aliphatic carbocycles. The van der Waals surface area contributed by atoms with Crippen molar-refractivity contribution >= 4 is 41.0 Å². The summed E-state index contributed by atoms with van der Waals surface area (Å²) in [5.74, 6) is -1.06. The van der Waals surface area contributed by atoms with Crippen molar-refractivity contribution in [2.24, 2.45) is 4.99 Å². The normalized spacial score (nSPS) is 14.9. The van der Waals surface area contributed by atoms with Crippen LogP contribution in [0.15, 0.2) is 99.9 Å². The molecule has 0 fully saturated rings. The highest BCUT2D eigenvalue weighted by molar-refractivity contribution is 7.07. The molecule has 196 valence electrons. The van der Waals surface area contributed by atoms with Gasteiger partial charge in [-0.2, -0.15) is 0 Å². The van der Waals surface area contributed by atoms with Gasteiger partial charge in [0.15, 0.2) is 4.80 Å². The fourth-order valence-corrected chi connectivity index (χ4v) is 5.50. The van der Waals surface area contributed by atoms with E-state index in [-0.39, 0.29) is 17.7 Å². The second kappa shape index (κ2) is 11.2. The second-order valence-electron chi connectivity index (χ2n) is 8.81. The Morgan fingerprint density at radius 1 is 1.00 bits per heavy atom. The summed E-state index contributed by atoms with van der Waals surface area (Å²) in [7, 11) is 1.31. The smallest absolute Gasteiger partial charge is 0.338 e. The number of nitrogens with zero attached hydrogens (tertiary/aromatic N) is 2. The van der Waals surface area contributed by atoms with Gasteiger partial charge in [0.2, 0.25) is 0 Å². The fraction of sp³-hybridized carbons (Fsp3) is 0.133. The molecule has 0 amide bonds. The average Bonchev–Trinajstić information content (AvgIpc) is 3.26. The Hall–Kier alpha value is -4.27. The number of allylic oxidation sites excluding steroid dienone is 1. The molecule has 4 aromatic rings. The van der Waals surface area contributed by atoms with E-state index in [1.165, 1.54) is 23.0 Å². The molecule has 1 aliphatic rings. The van der Waals surface area contributed by atoms with Crippen molar-refractivity contribution < 1.29 is 19.1 Å². The van der Waals surface area contributed by atoms with E-state index in [0.717, 1.165) is 11.1 Å². The molecule has 9 heteroatoms. The van der Waals surface area contributed by atoms with Crippen LogP contribution in [0.5, 0.6) is 0 Å². The molecule has 2 heterocycles. The maximum atomic E-state index is 13.8. The molecule has 0 saturated carbocycles. The molecular formula is C30H23ClN2O5S. The number of hydrogen-bond acceptors (Lipinski definition) is 7. The Balaban J connectivity index is 1.61. The SMILES string of the molecule is COC(=O)c1ccc(C2C(C(=O)OCc3ccccc3)=C(C)N=c3sc(=Cc4ccc(Cl)cc4)c(=O)n32)cc1. The van der Waals surface area contributed by atoms with Gasteiger partial charge in [-0.3, -0.25) is 9.36 Å². The van der Waals surface area contributed by atoms with Gasteiger partial charge in [0.05, 0.1) is 34.5 Å². The van der Waals surface area contributed by atoms with E-state index in [1.54, 1.807) is 49.4 Å². The highest BCUT2D eigenvalue weighted by Gasteiger charge is 2.33. The zero-order valence-electron chi connectivity index (χ0n) is 21.1. The summed E-state index contributed by atoms with van der Waals surface area (Å²) in [6.45, 7) is 1.80. The molecule has 1 atom stereocenters. The number of aromatic nitrogens is 1. The van der Waals surface area contributed by atoms with Crippen LogP contribution in [0.3, 0.4) is 0 Å². The fourth-order valence-electron chi connectivity index (χ4n) is 4.33. The minimum Gasteiger partial charge on any atom is -0.465 e. The Bertz CT molecular complexity index is 1760. The molecule has 1 aliphatic heterocycles. The molecule has 7 nitrogen and oxygen atoms in total. The van der Waals surface area contributed by atoms with E-state index in [4.69, 9.17) is 21.1 Å². The summed E-state index contributed by atoms with van der Waals surface area (Å²) >= 11 is 7.25. The third kappa shape index (κ3) is 5.48. The molecule has 0 bridgehead atoms. The van der Waals surface area contributed by atoms with Gasteiger partial charge in [0, 0.05) is 5.02 Å². The van der Waals surface area contributed by atoms with Gasteiger partial charge in [-0.25, -0.2) is 14.6 Å². The topological polar surface area (TPSA) is 87.0 Å². The first kappa shape index (κ1) is 26.3. The van der Waals surface area contributed by atoms with Gasteiger partial charge < -0.3 is 9.47 Å². The van der Waals surface area contributed by atoms with Crippen LogP contribution >= 0.6 is 22.9 Å². The first-order chi connectivity index (χ1) is 18.9. The van der Waals surface area contributed by atoms with E-state index < -0.39 is 18.0 Å². The lowest BCUT2D eigenvalue weighted by molar-refractivity contribution is -0.140. The van der Waals surface area contributed by atoms with Crippen LogP contribution in [-0.4, -0.2) is 23.6 Å². The van der Waals surface area contributed by atoms with Gasteiger partial charge in [-0.15, -0.1) is 0 Å². The first-order valence-electron chi connectivity index (χ1n) is 12.0. The first-order valence-corrected chi connectivity index (χ1v) is 13.2. The van der Waals surface area contributed by atoms with Crippen LogP contribution < -0.4 is 14.9 Å². The molecule has 1 unspecified atom stereocenters. The number of carbonyl (C=O) groups is 2. The second-order valence-corrected chi connectivity index (χ2v) is 10.3. The van der Waals surface area contributed by atoms with Crippen LogP contribution in [0.4, 0.5) is 0 Å².